The van der Waals surface area contributed by atoms with Crippen LogP contribution in [0.3, 0.4) is 0 Å². The maximum Gasteiger partial charge on any atom is 0.180 e. The third-order valence-corrected chi connectivity index (χ3v) is 3.71. The standard InChI is InChI=1S/C14H8BrN3O2S/c15-11-6-13-10(7-16)9-18(14(13)17-8-11)19-20-21-12-4-2-1-3-5-12/h1-6,8-9H. The van der Waals surface area contributed by atoms with Gasteiger partial charge in [0.2, 0.25) is 0 Å². The number of hydrogen-bond donors (Lipinski definition) is 0. The van der Waals surface area contributed by atoms with Crippen LogP contribution in [0.4, 0.5) is 0 Å². The second-order valence-electron chi connectivity index (χ2n) is 4.04. The first-order valence-electron chi connectivity index (χ1n) is 5.91. The van der Waals surface area contributed by atoms with Gasteiger partial charge in [-0.25, -0.2) is 9.97 Å². The zero-order valence-corrected chi connectivity index (χ0v) is 13.0. The highest BCUT2D eigenvalue weighted by molar-refractivity contribution is 9.10. The maximum atomic E-state index is 9.14. The molecule has 3 rings (SSSR count). The highest BCUT2D eigenvalue weighted by atomic mass is 79.9. The van der Waals surface area contributed by atoms with Crippen LogP contribution in [0.5, 0.6) is 0 Å². The van der Waals surface area contributed by atoms with E-state index < -0.39 is 0 Å². The molecule has 5 nitrogen and oxygen atoms in total. The Labute approximate surface area is 133 Å². The molecule has 21 heavy (non-hydrogen) atoms. The number of hydrogen-bond acceptors (Lipinski definition) is 5. The largest absolute Gasteiger partial charge is 0.234 e. The van der Waals surface area contributed by atoms with Gasteiger partial charge in [-0.3, -0.25) is 0 Å². The van der Waals surface area contributed by atoms with Gasteiger partial charge < -0.3 is 0 Å². The minimum absolute atomic E-state index is 0.465. The lowest BCUT2D eigenvalue weighted by Crippen LogP contribution is -2.07. The Balaban J connectivity index is 1.80. The zero-order chi connectivity index (χ0) is 14.7. The van der Waals surface area contributed by atoms with Crippen LogP contribution >= 0.6 is 28.0 Å². The van der Waals surface area contributed by atoms with Gasteiger partial charge in [0.15, 0.2) is 5.65 Å². The number of fused-ring (bicyclic) bond motifs is 1. The predicted molar refractivity (Wildman–Crippen MR) is 82.1 cm³/mol. The van der Waals surface area contributed by atoms with E-state index in [0.717, 1.165) is 21.4 Å². The van der Waals surface area contributed by atoms with Gasteiger partial charge in [-0.2, -0.15) is 5.26 Å². The van der Waals surface area contributed by atoms with Crippen LogP contribution in [-0.2, 0) is 4.33 Å². The molecule has 0 N–H and O–H groups in total. The molecule has 0 bridgehead atoms. The molecule has 0 spiro atoms. The van der Waals surface area contributed by atoms with Crippen molar-refractivity contribution < 1.29 is 9.32 Å². The topological polar surface area (TPSA) is 60.1 Å². The molecule has 7 heteroatoms. The summed E-state index contributed by atoms with van der Waals surface area (Å²) in [6.45, 7) is 0. The van der Waals surface area contributed by atoms with Crippen LogP contribution in [0.15, 0.2) is 58.2 Å². The summed E-state index contributed by atoms with van der Waals surface area (Å²) in [6, 6.07) is 13.4. The van der Waals surface area contributed by atoms with Crippen LogP contribution in [0.1, 0.15) is 5.56 Å². The Bertz CT molecular complexity index is 814. The highest BCUT2D eigenvalue weighted by Gasteiger charge is 2.11. The van der Waals surface area contributed by atoms with Gasteiger partial charge in [0.25, 0.3) is 0 Å². The van der Waals surface area contributed by atoms with Crippen molar-refractivity contribution in [2.75, 3.05) is 0 Å². The summed E-state index contributed by atoms with van der Waals surface area (Å²) in [7, 11) is 0. The molecule has 0 aliphatic heterocycles. The monoisotopic (exact) mass is 361 g/mol. The molecule has 0 radical (unpaired) electrons. The molecule has 2 aromatic heterocycles. The van der Waals surface area contributed by atoms with E-state index in [9.17, 15) is 0 Å². The van der Waals surface area contributed by atoms with E-state index in [0.29, 0.717) is 16.6 Å². The van der Waals surface area contributed by atoms with Crippen LogP contribution in [0.25, 0.3) is 11.0 Å². The molecule has 3 aromatic rings. The molecule has 0 atom stereocenters. The summed E-state index contributed by atoms with van der Waals surface area (Å²) in [4.78, 5) is 10.3. The summed E-state index contributed by atoms with van der Waals surface area (Å²) in [5, 5.41) is 9.83. The lowest BCUT2D eigenvalue weighted by Gasteiger charge is -2.04. The van der Waals surface area contributed by atoms with Gasteiger partial charge in [0.05, 0.1) is 23.8 Å². The molecule has 0 aliphatic rings. The zero-order valence-electron chi connectivity index (χ0n) is 10.6. The third-order valence-electron chi connectivity index (χ3n) is 2.68. The number of benzene rings is 1. The molecule has 0 saturated heterocycles. The van der Waals surface area contributed by atoms with Crippen LogP contribution in [-0.4, -0.2) is 9.71 Å². The lowest BCUT2D eigenvalue weighted by atomic mass is 10.2. The number of aromatic nitrogens is 2. The Morgan fingerprint density at radius 1 is 1.29 bits per heavy atom. The number of halogens is 1. The van der Waals surface area contributed by atoms with Crippen LogP contribution in [0, 0.1) is 11.3 Å². The van der Waals surface area contributed by atoms with Gasteiger partial charge in [-0.1, -0.05) is 22.5 Å². The fourth-order valence-corrected chi connectivity index (χ4v) is 2.54. The summed E-state index contributed by atoms with van der Waals surface area (Å²) >= 11 is 4.41. The van der Waals surface area contributed by atoms with E-state index in [2.05, 4.69) is 27.0 Å². The first-order chi connectivity index (χ1) is 10.3. The van der Waals surface area contributed by atoms with E-state index in [1.165, 1.54) is 10.9 Å². The number of pyridine rings is 1. The molecule has 1 aromatic carbocycles. The Hall–Kier alpha value is -2.01. The van der Waals surface area contributed by atoms with E-state index in [4.69, 9.17) is 14.6 Å². The normalized spacial score (nSPS) is 10.5. The van der Waals surface area contributed by atoms with Gasteiger partial charge >= 0.3 is 0 Å². The summed E-state index contributed by atoms with van der Waals surface area (Å²) in [6.07, 6.45) is 3.17. The van der Waals surface area contributed by atoms with E-state index in [-0.39, 0.29) is 0 Å². The fraction of sp³-hybridized carbons (Fsp3) is 0. The average Bonchev–Trinajstić information content (AvgIpc) is 2.85. The minimum atomic E-state index is 0.465. The average molecular weight is 362 g/mol. The maximum absolute atomic E-state index is 9.14. The number of nitrogens with zero attached hydrogens (tertiary/aromatic N) is 3. The van der Waals surface area contributed by atoms with E-state index in [1.54, 1.807) is 6.20 Å². The van der Waals surface area contributed by atoms with Crippen LogP contribution < -0.4 is 4.99 Å². The first-order valence-corrected chi connectivity index (χ1v) is 7.45. The molecule has 0 aliphatic carbocycles. The smallest absolute Gasteiger partial charge is 0.180 e. The molecule has 0 amide bonds. The molecule has 104 valence electrons. The van der Waals surface area contributed by atoms with Crippen molar-refractivity contribution in [2.24, 2.45) is 0 Å². The van der Waals surface area contributed by atoms with Crippen molar-refractivity contribution in [1.29, 1.82) is 5.26 Å². The Morgan fingerprint density at radius 3 is 2.86 bits per heavy atom. The van der Waals surface area contributed by atoms with E-state index in [1.807, 2.05) is 36.4 Å². The molecular formula is C14H8BrN3O2S. The second-order valence-corrected chi connectivity index (χ2v) is 5.73. The van der Waals surface area contributed by atoms with Crippen molar-refractivity contribution in [2.45, 2.75) is 4.90 Å². The number of nitriles is 1. The van der Waals surface area contributed by atoms with Crippen molar-refractivity contribution in [3.05, 3.63) is 58.8 Å². The molecular weight excluding hydrogens is 354 g/mol. The van der Waals surface area contributed by atoms with Gasteiger partial charge in [0, 0.05) is 21.0 Å². The van der Waals surface area contributed by atoms with Crippen molar-refractivity contribution in [1.82, 2.24) is 9.71 Å². The van der Waals surface area contributed by atoms with E-state index >= 15 is 0 Å². The van der Waals surface area contributed by atoms with Gasteiger partial charge in [-0.15, -0.1) is 4.73 Å². The summed E-state index contributed by atoms with van der Waals surface area (Å²) in [5.41, 5.74) is 0.982. The summed E-state index contributed by atoms with van der Waals surface area (Å²) in [5.74, 6) is 0. The molecule has 0 unspecified atom stereocenters. The Morgan fingerprint density at radius 2 is 2.10 bits per heavy atom. The second kappa shape index (κ2) is 6.18. The third kappa shape index (κ3) is 3.03. The summed E-state index contributed by atoms with van der Waals surface area (Å²) < 4.78 is 7.25. The molecule has 0 fully saturated rings. The first kappa shape index (κ1) is 13.9. The SMILES string of the molecule is N#Cc1cn(OOSc2ccccc2)c2ncc(Br)cc12. The molecule has 2 heterocycles. The van der Waals surface area contributed by atoms with Crippen molar-refractivity contribution in [3.63, 3.8) is 0 Å². The predicted octanol–water partition coefficient (Wildman–Crippen LogP) is 3.74. The Kier molecular flexibility index (Phi) is 4.10. The van der Waals surface area contributed by atoms with Crippen molar-refractivity contribution >= 4 is 39.0 Å². The highest BCUT2D eigenvalue weighted by Crippen LogP contribution is 2.23. The van der Waals surface area contributed by atoms with Gasteiger partial charge in [-0.05, 0) is 34.1 Å². The minimum Gasteiger partial charge on any atom is -0.234 e. The molecule has 0 saturated carbocycles. The number of rotatable bonds is 4. The fourth-order valence-electron chi connectivity index (χ4n) is 1.76. The van der Waals surface area contributed by atoms with Crippen LogP contribution in [0.2, 0.25) is 0 Å². The van der Waals surface area contributed by atoms with Crippen molar-refractivity contribution in [3.8, 4) is 6.07 Å². The van der Waals surface area contributed by atoms with Gasteiger partial charge in [0.1, 0.15) is 6.07 Å². The lowest BCUT2D eigenvalue weighted by molar-refractivity contribution is -0.188. The quantitative estimate of drug-likeness (QED) is 0.402.